The standard InChI is InChI=1S/C13H21N3O/c1-4-16(9-10(2)3)13(17)12-6-5-11(7-14)8-15-12/h5-6,8,10H,4,7,9,14H2,1-3H3. The van der Waals surface area contributed by atoms with Crippen LogP contribution in [-0.2, 0) is 6.54 Å². The predicted molar refractivity (Wildman–Crippen MR) is 68.5 cm³/mol. The lowest BCUT2D eigenvalue weighted by atomic mass is 10.2. The zero-order valence-corrected chi connectivity index (χ0v) is 10.8. The molecule has 0 radical (unpaired) electrons. The summed E-state index contributed by atoms with van der Waals surface area (Å²) in [5, 5.41) is 0. The van der Waals surface area contributed by atoms with E-state index in [1.54, 1.807) is 12.3 Å². The summed E-state index contributed by atoms with van der Waals surface area (Å²) in [5.74, 6) is 0.451. The molecule has 4 heteroatoms. The van der Waals surface area contributed by atoms with Gasteiger partial charge in [0.1, 0.15) is 5.69 Å². The number of aromatic nitrogens is 1. The molecule has 0 unspecified atom stereocenters. The quantitative estimate of drug-likeness (QED) is 0.844. The van der Waals surface area contributed by atoms with Gasteiger partial charge in [-0.05, 0) is 24.5 Å². The van der Waals surface area contributed by atoms with E-state index in [0.717, 1.165) is 12.1 Å². The van der Waals surface area contributed by atoms with Crippen molar-refractivity contribution < 1.29 is 4.79 Å². The first-order valence-electron chi connectivity index (χ1n) is 6.02. The fraction of sp³-hybridized carbons (Fsp3) is 0.538. The van der Waals surface area contributed by atoms with Crippen LogP contribution in [0.3, 0.4) is 0 Å². The third-order valence-electron chi connectivity index (χ3n) is 2.53. The minimum absolute atomic E-state index is 0.00947. The molecule has 94 valence electrons. The second kappa shape index (κ2) is 6.35. The molecule has 2 N–H and O–H groups in total. The number of rotatable bonds is 5. The molecule has 1 heterocycles. The smallest absolute Gasteiger partial charge is 0.272 e. The molecule has 17 heavy (non-hydrogen) atoms. The number of carbonyl (C=O) groups is 1. The number of carbonyl (C=O) groups excluding carboxylic acids is 1. The number of hydrogen-bond acceptors (Lipinski definition) is 3. The van der Waals surface area contributed by atoms with E-state index in [4.69, 9.17) is 5.73 Å². The van der Waals surface area contributed by atoms with Crippen LogP contribution in [0.2, 0.25) is 0 Å². The highest BCUT2D eigenvalue weighted by atomic mass is 16.2. The molecule has 0 aliphatic rings. The zero-order chi connectivity index (χ0) is 12.8. The second-order valence-electron chi connectivity index (χ2n) is 4.49. The van der Waals surface area contributed by atoms with Gasteiger partial charge in [0.15, 0.2) is 0 Å². The van der Waals surface area contributed by atoms with Crippen LogP contribution in [0.5, 0.6) is 0 Å². The van der Waals surface area contributed by atoms with E-state index in [2.05, 4.69) is 18.8 Å². The molecule has 0 atom stereocenters. The molecule has 0 aliphatic heterocycles. The van der Waals surface area contributed by atoms with Crippen molar-refractivity contribution in [3.63, 3.8) is 0 Å². The molecule has 0 spiro atoms. The number of nitrogens with zero attached hydrogens (tertiary/aromatic N) is 2. The average molecular weight is 235 g/mol. The molecule has 0 saturated heterocycles. The molecule has 0 fully saturated rings. The zero-order valence-electron chi connectivity index (χ0n) is 10.8. The van der Waals surface area contributed by atoms with Crippen molar-refractivity contribution in [2.75, 3.05) is 13.1 Å². The number of pyridine rings is 1. The monoisotopic (exact) mass is 235 g/mol. The van der Waals surface area contributed by atoms with Crippen molar-refractivity contribution in [2.24, 2.45) is 11.7 Å². The molecule has 0 aliphatic carbocycles. The summed E-state index contributed by atoms with van der Waals surface area (Å²) in [6, 6.07) is 3.59. The van der Waals surface area contributed by atoms with Gasteiger partial charge in [-0.2, -0.15) is 0 Å². The molecule has 4 nitrogen and oxygen atoms in total. The lowest BCUT2D eigenvalue weighted by molar-refractivity contribution is 0.0740. The maximum atomic E-state index is 12.1. The molecule has 1 amide bonds. The Hall–Kier alpha value is -1.42. The van der Waals surface area contributed by atoms with Gasteiger partial charge in [-0.25, -0.2) is 0 Å². The fourth-order valence-corrected chi connectivity index (χ4v) is 1.63. The second-order valence-corrected chi connectivity index (χ2v) is 4.49. The SMILES string of the molecule is CCN(CC(C)C)C(=O)c1ccc(CN)cn1. The van der Waals surface area contributed by atoms with Gasteiger partial charge in [-0.15, -0.1) is 0 Å². The maximum absolute atomic E-state index is 12.1. The molecule has 0 saturated carbocycles. The van der Waals surface area contributed by atoms with E-state index in [1.165, 1.54) is 0 Å². The Labute approximate surface area is 103 Å². The first kappa shape index (κ1) is 13.6. The van der Waals surface area contributed by atoms with Gasteiger partial charge >= 0.3 is 0 Å². The van der Waals surface area contributed by atoms with E-state index in [0.29, 0.717) is 24.7 Å². The highest BCUT2D eigenvalue weighted by molar-refractivity contribution is 5.92. The third kappa shape index (κ3) is 3.82. The van der Waals surface area contributed by atoms with Crippen LogP contribution in [0, 0.1) is 5.92 Å². The van der Waals surface area contributed by atoms with Crippen molar-refractivity contribution in [2.45, 2.75) is 27.3 Å². The first-order valence-corrected chi connectivity index (χ1v) is 6.02. The lowest BCUT2D eigenvalue weighted by Gasteiger charge is -2.22. The molecule has 1 rings (SSSR count). The lowest BCUT2D eigenvalue weighted by Crippen LogP contribution is -2.34. The number of nitrogens with two attached hydrogens (primary N) is 1. The van der Waals surface area contributed by atoms with Gasteiger partial charge in [0.25, 0.3) is 5.91 Å². The van der Waals surface area contributed by atoms with E-state index in [1.807, 2.05) is 17.9 Å². The van der Waals surface area contributed by atoms with E-state index < -0.39 is 0 Å². The summed E-state index contributed by atoms with van der Waals surface area (Å²) in [6.07, 6.45) is 1.66. The topological polar surface area (TPSA) is 59.2 Å². The van der Waals surface area contributed by atoms with Crippen molar-refractivity contribution in [3.8, 4) is 0 Å². The Morgan fingerprint density at radius 2 is 2.18 bits per heavy atom. The van der Waals surface area contributed by atoms with Gasteiger partial charge in [0.2, 0.25) is 0 Å². The Bertz CT molecular complexity index is 359. The maximum Gasteiger partial charge on any atom is 0.272 e. The van der Waals surface area contributed by atoms with Crippen LogP contribution in [0.1, 0.15) is 36.8 Å². The number of hydrogen-bond donors (Lipinski definition) is 1. The molecule has 1 aromatic rings. The first-order chi connectivity index (χ1) is 8.08. The minimum Gasteiger partial charge on any atom is -0.337 e. The Morgan fingerprint density at radius 3 is 2.59 bits per heavy atom. The summed E-state index contributed by atoms with van der Waals surface area (Å²) in [7, 11) is 0. The Kier molecular flexibility index (Phi) is 5.10. The van der Waals surface area contributed by atoms with Crippen molar-refractivity contribution in [3.05, 3.63) is 29.6 Å². The van der Waals surface area contributed by atoms with Crippen LogP contribution < -0.4 is 5.73 Å². The molecular formula is C13H21N3O. The summed E-state index contributed by atoms with van der Waals surface area (Å²) in [5.41, 5.74) is 6.92. The highest BCUT2D eigenvalue weighted by Gasteiger charge is 2.16. The molecule has 0 aromatic carbocycles. The Morgan fingerprint density at radius 1 is 1.47 bits per heavy atom. The Balaban J connectivity index is 2.78. The van der Waals surface area contributed by atoms with Crippen LogP contribution in [0.15, 0.2) is 18.3 Å². The number of amides is 1. The summed E-state index contributed by atoms with van der Waals surface area (Å²) >= 11 is 0. The summed E-state index contributed by atoms with van der Waals surface area (Å²) < 4.78 is 0. The predicted octanol–water partition coefficient (Wildman–Crippen LogP) is 1.66. The minimum atomic E-state index is -0.00947. The summed E-state index contributed by atoms with van der Waals surface area (Å²) in [6.45, 7) is 8.09. The summed E-state index contributed by atoms with van der Waals surface area (Å²) in [4.78, 5) is 18.1. The van der Waals surface area contributed by atoms with Gasteiger partial charge in [-0.3, -0.25) is 9.78 Å². The van der Waals surface area contributed by atoms with Crippen LogP contribution in [0.4, 0.5) is 0 Å². The van der Waals surface area contributed by atoms with E-state index in [-0.39, 0.29) is 5.91 Å². The van der Waals surface area contributed by atoms with Crippen LogP contribution in [0.25, 0.3) is 0 Å². The van der Waals surface area contributed by atoms with Crippen molar-refractivity contribution in [1.29, 1.82) is 0 Å². The van der Waals surface area contributed by atoms with E-state index >= 15 is 0 Å². The van der Waals surface area contributed by atoms with Gasteiger partial charge < -0.3 is 10.6 Å². The van der Waals surface area contributed by atoms with Gasteiger partial charge in [0, 0.05) is 25.8 Å². The van der Waals surface area contributed by atoms with Crippen molar-refractivity contribution >= 4 is 5.91 Å². The van der Waals surface area contributed by atoms with E-state index in [9.17, 15) is 4.79 Å². The molecule has 1 aromatic heterocycles. The highest BCUT2D eigenvalue weighted by Crippen LogP contribution is 2.06. The fourth-order valence-electron chi connectivity index (χ4n) is 1.63. The molecular weight excluding hydrogens is 214 g/mol. The average Bonchev–Trinajstić information content (AvgIpc) is 2.35. The largest absolute Gasteiger partial charge is 0.337 e. The van der Waals surface area contributed by atoms with Crippen LogP contribution in [-0.4, -0.2) is 28.9 Å². The van der Waals surface area contributed by atoms with Crippen molar-refractivity contribution in [1.82, 2.24) is 9.88 Å². The van der Waals surface area contributed by atoms with Gasteiger partial charge in [0.05, 0.1) is 0 Å². The van der Waals surface area contributed by atoms with Gasteiger partial charge in [-0.1, -0.05) is 19.9 Å². The normalized spacial score (nSPS) is 10.6. The molecule has 0 bridgehead atoms. The van der Waals surface area contributed by atoms with Crippen LogP contribution >= 0.6 is 0 Å². The third-order valence-corrected chi connectivity index (χ3v) is 2.53.